The molecule has 1 fully saturated rings. The van der Waals surface area contributed by atoms with E-state index in [4.69, 9.17) is 4.74 Å². The minimum Gasteiger partial charge on any atom is -0.492 e. The number of rotatable bonds is 7. The van der Waals surface area contributed by atoms with Gasteiger partial charge in [-0.05, 0) is 43.0 Å². The SMILES string of the molecule is CC1(CNC(=O)CCOc2ccccc2-c2ccccc2)CCNCC1. The van der Waals surface area contributed by atoms with Crippen LogP contribution in [0.5, 0.6) is 5.75 Å². The van der Waals surface area contributed by atoms with Crippen LogP contribution in [0, 0.1) is 5.41 Å². The van der Waals surface area contributed by atoms with Crippen molar-refractivity contribution in [2.45, 2.75) is 26.2 Å². The van der Waals surface area contributed by atoms with E-state index in [1.165, 1.54) is 0 Å². The number of piperidine rings is 1. The van der Waals surface area contributed by atoms with Gasteiger partial charge in [0, 0.05) is 12.1 Å². The average Bonchev–Trinajstić information content (AvgIpc) is 2.68. The van der Waals surface area contributed by atoms with Crippen LogP contribution in [0.3, 0.4) is 0 Å². The van der Waals surface area contributed by atoms with E-state index in [0.717, 1.165) is 49.4 Å². The first-order valence-electron chi connectivity index (χ1n) is 9.41. The summed E-state index contributed by atoms with van der Waals surface area (Å²) in [4.78, 5) is 12.2. The fourth-order valence-electron chi connectivity index (χ4n) is 3.31. The summed E-state index contributed by atoms with van der Waals surface area (Å²) in [7, 11) is 0. The molecule has 1 amide bonds. The smallest absolute Gasteiger partial charge is 0.223 e. The summed E-state index contributed by atoms with van der Waals surface area (Å²) in [5, 5.41) is 6.44. The summed E-state index contributed by atoms with van der Waals surface area (Å²) in [5.41, 5.74) is 2.38. The van der Waals surface area contributed by atoms with Gasteiger partial charge in [-0.3, -0.25) is 4.79 Å². The quantitative estimate of drug-likeness (QED) is 0.800. The second-order valence-corrected chi connectivity index (χ2v) is 7.30. The van der Waals surface area contributed by atoms with Gasteiger partial charge in [-0.1, -0.05) is 55.5 Å². The van der Waals surface area contributed by atoms with Crippen LogP contribution in [-0.4, -0.2) is 32.1 Å². The highest BCUT2D eigenvalue weighted by Crippen LogP contribution is 2.29. The number of para-hydroxylation sites is 1. The van der Waals surface area contributed by atoms with Gasteiger partial charge >= 0.3 is 0 Å². The van der Waals surface area contributed by atoms with E-state index >= 15 is 0 Å². The number of hydrogen-bond donors (Lipinski definition) is 2. The number of carbonyl (C=O) groups is 1. The molecule has 0 aliphatic carbocycles. The molecule has 0 aromatic heterocycles. The molecule has 0 saturated carbocycles. The van der Waals surface area contributed by atoms with Crippen LogP contribution < -0.4 is 15.4 Å². The Labute approximate surface area is 156 Å². The van der Waals surface area contributed by atoms with Crippen molar-refractivity contribution in [3.05, 3.63) is 54.6 Å². The molecule has 0 unspecified atom stereocenters. The molecule has 4 nitrogen and oxygen atoms in total. The van der Waals surface area contributed by atoms with Gasteiger partial charge in [-0.25, -0.2) is 0 Å². The second-order valence-electron chi connectivity index (χ2n) is 7.30. The Morgan fingerprint density at radius 1 is 1.08 bits per heavy atom. The molecule has 0 radical (unpaired) electrons. The van der Waals surface area contributed by atoms with Crippen LogP contribution in [-0.2, 0) is 4.79 Å². The summed E-state index contributed by atoms with van der Waals surface area (Å²) >= 11 is 0. The minimum atomic E-state index is 0.0574. The highest BCUT2D eigenvalue weighted by molar-refractivity contribution is 5.76. The van der Waals surface area contributed by atoms with Gasteiger partial charge in [0.15, 0.2) is 0 Å². The van der Waals surface area contributed by atoms with Gasteiger partial charge in [-0.2, -0.15) is 0 Å². The van der Waals surface area contributed by atoms with Crippen molar-refractivity contribution in [1.29, 1.82) is 0 Å². The van der Waals surface area contributed by atoms with Crippen molar-refractivity contribution < 1.29 is 9.53 Å². The topological polar surface area (TPSA) is 50.4 Å². The summed E-state index contributed by atoms with van der Waals surface area (Å²) in [5.74, 6) is 0.874. The second kappa shape index (κ2) is 8.86. The standard InChI is InChI=1S/C22H28N2O2/c1-22(12-14-23-15-13-22)17-24-21(25)11-16-26-20-10-6-5-9-19(20)18-7-3-2-4-8-18/h2-10,23H,11-17H2,1H3,(H,24,25). The molecule has 1 saturated heterocycles. The average molecular weight is 352 g/mol. The molecule has 0 spiro atoms. The fraction of sp³-hybridized carbons (Fsp3) is 0.409. The Morgan fingerprint density at radius 3 is 2.54 bits per heavy atom. The van der Waals surface area contributed by atoms with Gasteiger partial charge in [0.1, 0.15) is 5.75 Å². The molecule has 2 aromatic carbocycles. The Bertz CT molecular complexity index is 709. The minimum absolute atomic E-state index is 0.0574. The van der Waals surface area contributed by atoms with Crippen LogP contribution in [0.15, 0.2) is 54.6 Å². The zero-order valence-electron chi connectivity index (χ0n) is 15.5. The monoisotopic (exact) mass is 352 g/mol. The van der Waals surface area contributed by atoms with Gasteiger partial charge in [-0.15, -0.1) is 0 Å². The Morgan fingerprint density at radius 2 is 1.77 bits per heavy atom. The predicted molar refractivity (Wildman–Crippen MR) is 105 cm³/mol. The van der Waals surface area contributed by atoms with Crippen molar-refractivity contribution in [3.8, 4) is 16.9 Å². The molecule has 1 heterocycles. The third-order valence-corrected chi connectivity index (χ3v) is 5.08. The van der Waals surface area contributed by atoms with E-state index in [1.54, 1.807) is 0 Å². The van der Waals surface area contributed by atoms with E-state index < -0.39 is 0 Å². The van der Waals surface area contributed by atoms with Gasteiger partial charge in [0.2, 0.25) is 5.91 Å². The van der Waals surface area contributed by atoms with E-state index in [2.05, 4.69) is 29.7 Å². The molecular formula is C22H28N2O2. The third kappa shape index (κ3) is 5.09. The normalized spacial score (nSPS) is 16.0. The van der Waals surface area contributed by atoms with Crippen molar-refractivity contribution in [2.75, 3.05) is 26.2 Å². The van der Waals surface area contributed by atoms with Gasteiger partial charge in [0.05, 0.1) is 13.0 Å². The molecule has 0 bridgehead atoms. The van der Waals surface area contributed by atoms with E-state index in [1.807, 2.05) is 42.5 Å². The van der Waals surface area contributed by atoms with E-state index in [-0.39, 0.29) is 11.3 Å². The maximum Gasteiger partial charge on any atom is 0.223 e. The predicted octanol–water partition coefficient (Wildman–Crippen LogP) is 3.63. The fourth-order valence-corrected chi connectivity index (χ4v) is 3.31. The van der Waals surface area contributed by atoms with Crippen molar-refractivity contribution >= 4 is 5.91 Å². The molecular weight excluding hydrogens is 324 g/mol. The number of hydrogen-bond acceptors (Lipinski definition) is 3. The lowest BCUT2D eigenvalue weighted by Crippen LogP contribution is -2.43. The molecule has 4 heteroatoms. The third-order valence-electron chi connectivity index (χ3n) is 5.08. The number of ether oxygens (including phenoxy) is 1. The first-order valence-corrected chi connectivity index (χ1v) is 9.41. The first-order chi connectivity index (χ1) is 12.7. The van der Waals surface area contributed by atoms with Crippen LogP contribution >= 0.6 is 0 Å². The lowest BCUT2D eigenvalue weighted by molar-refractivity contribution is -0.122. The number of nitrogens with one attached hydrogen (secondary N) is 2. The Hall–Kier alpha value is -2.33. The molecule has 2 aromatic rings. The molecule has 0 atom stereocenters. The number of carbonyl (C=O) groups excluding carboxylic acids is 1. The molecule has 2 N–H and O–H groups in total. The maximum absolute atomic E-state index is 12.2. The van der Waals surface area contributed by atoms with Crippen molar-refractivity contribution in [3.63, 3.8) is 0 Å². The van der Waals surface area contributed by atoms with Crippen LogP contribution in [0.4, 0.5) is 0 Å². The molecule has 138 valence electrons. The zero-order valence-corrected chi connectivity index (χ0v) is 15.5. The summed E-state index contributed by atoms with van der Waals surface area (Å²) in [6.45, 7) is 5.44. The number of benzene rings is 2. The maximum atomic E-state index is 12.2. The van der Waals surface area contributed by atoms with Crippen molar-refractivity contribution in [1.82, 2.24) is 10.6 Å². The zero-order chi connectivity index (χ0) is 18.2. The summed E-state index contributed by atoms with van der Waals surface area (Å²) < 4.78 is 5.91. The lowest BCUT2D eigenvalue weighted by atomic mass is 9.81. The first kappa shape index (κ1) is 18.5. The lowest BCUT2D eigenvalue weighted by Gasteiger charge is -2.34. The molecule has 1 aliphatic heterocycles. The van der Waals surface area contributed by atoms with E-state index in [9.17, 15) is 4.79 Å². The molecule has 26 heavy (non-hydrogen) atoms. The van der Waals surface area contributed by atoms with Crippen molar-refractivity contribution in [2.24, 2.45) is 5.41 Å². The highest BCUT2D eigenvalue weighted by Gasteiger charge is 2.26. The largest absolute Gasteiger partial charge is 0.492 e. The number of amides is 1. The summed E-state index contributed by atoms with van der Waals surface area (Å²) in [6, 6.07) is 18.1. The summed E-state index contributed by atoms with van der Waals surface area (Å²) in [6.07, 6.45) is 2.58. The Balaban J connectivity index is 1.48. The van der Waals surface area contributed by atoms with Crippen LogP contribution in [0.2, 0.25) is 0 Å². The highest BCUT2D eigenvalue weighted by atomic mass is 16.5. The van der Waals surface area contributed by atoms with Gasteiger partial charge < -0.3 is 15.4 Å². The van der Waals surface area contributed by atoms with E-state index in [0.29, 0.717) is 13.0 Å². The molecule has 1 aliphatic rings. The van der Waals surface area contributed by atoms with Crippen LogP contribution in [0.25, 0.3) is 11.1 Å². The molecule has 3 rings (SSSR count). The van der Waals surface area contributed by atoms with Gasteiger partial charge in [0.25, 0.3) is 0 Å². The Kier molecular flexibility index (Phi) is 6.29. The van der Waals surface area contributed by atoms with Crippen LogP contribution in [0.1, 0.15) is 26.2 Å².